The molecule has 29 heavy (non-hydrogen) atoms. The summed E-state index contributed by atoms with van der Waals surface area (Å²) in [4.78, 5) is 2.31. The van der Waals surface area contributed by atoms with E-state index in [4.69, 9.17) is 4.74 Å². The Labute approximate surface area is 173 Å². The number of hydrogen-bond acceptors (Lipinski definition) is 5. The van der Waals surface area contributed by atoms with E-state index in [1.807, 2.05) is 13.0 Å². The van der Waals surface area contributed by atoms with Crippen LogP contribution in [0.15, 0.2) is 64.4 Å². The quantitative estimate of drug-likeness (QED) is 0.489. The second-order valence-corrected chi connectivity index (χ2v) is 8.58. The van der Waals surface area contributed by atoms with E-state index < -0.39 is 5.41 Å². The molecule has 3 heterocycles. The second-order valence-electron chi connectivity index (χ2n) is 7.43. The van der Waals surface area contributed by atoms with Gasteiger partial charge in [-0.1, -0.05) is 23.9 Å². The zero-order chi connectivity index (χ0) is 19.8. The zero-order valence-corrected chi connectivity index (χ0v) is 16.9. The zero-order valence-electron chi connectivity index (χ0n) is 16.1. The third kappa shape index (κ3) is 3.17. The van der Waals surface area contributed by atoms with Crippen molar-refractivity contribution in [3.05, 3.63) is 66.0 Å². The summed E-state index contributed by atoms with van der Waals surface area (Å²) in [5.41, 5.74) is 2.63. The molecule has 0 aliphatic carbocycles. The molecule has 0 unspecified atom stereocenters. The molecule has 2 aromatic carbocycles. The largest absolute Gasteiger partial charge is 0.381 e. The standard InChI is InChI=1S/C23H20N4OS/c1-16-25-26-22-8-5-17-13-20(6-7-21(17)27(16)22)29-19-4-2-3-18(14-19)23(15-24)9-11-28-12-10-23/h2-8,13-14H,9-12H2,1H3. The number of pyridine rings is 1. The van der Waals surface area contributed by atoms with Crippen LogP contribution in [0.2, 0.25) is 0 Å². The lowest BCUT2D eigenvalue weighted by atomic mass is 9.75. The number of rotatable bonds is 3. The van der Waals surface area contributed by atoms with E-state index in [0.717, 1.165) is 50.6 Å². The Balaban J connectivity index is 1.49. The lowest BCUT2D eigenvalue weighted by Gasteiger charge is -2.31. The van der Waals surface area contributed by atoms with Crippen LogP contribution in [0.5, 0.6) is 0 Å². The van der Waals surface area contributed by atoms with E-state index in [9.17, 15) is 5.26 Å². The normalized spacial score (nSPS) is 16.1. The van der Waals surface area contributed by atoms with Crippen molar-refractivity contribution in [1.29, 1.82) is 5.26 Å². The highest BCUT2D eigenvalue weighted by Gasteiger charge is 2.34. The molecule has 0 saturated carbocycles. The van der Waals surface area contributed by atoms with E-state index in [1.54, 1.807) is 11.8 Å². The van der Waals surface area contributed by atoms with Gasteiger partial charge >= 0.3 is 0 Å². The minimum absolute atomic E-state index is 0.435. The molecule has 0 spiro atoms. The number of aromatic nitrogens is 3. The van der Waals surface area contributed by atoms with Gasteiger partial charge in [0.25, 0.3) is 0 Å². The van der Waals surface area contributed by atoms with E-state index in [1.165, 1.54) is 0 Å². The van der Waals surface area contributed by atoms with Gasteiger partial charge in [-0.05, 0) is 73.2 Å². The summed E-state index contributed by atoms with van der Waals surface area (Å²) in [7, 11) is 0. The van der Waals surface area contributed by atoms with Gasteiger partial charge in [0, 0.05) is 23.0 Å². The lowest BCUT2D eigenvalue weighted by Crippen LogP contribution is -2.32. The summed E-state index contributed by atoms with van der Waals surface area (Å²) < 4.78 is 7.56. The van der Waals surface area contributed by atoms with Gasteiger partial charge in [-0.25, -0.2) is 0 Å². The third-order valence-electron chi connectivity index (χ3n) is 5.68. The molecule has 1 saturated heterocycles. The van der Waals surface area contributed by atoms with Crippen LogP contribution in [0.25, 0.3) is 16.6 Å². The van der Waals surface area contributed by atoms with Crippen molar-refractivity contribution >= 4 is 28.3 Å². The summed E-state index contributed by atoms with van der Waals surface area (Å²) in [5.74, 6) is 0.886. The van der Waals surface area contributed by atoms with Crippen molar-refractivity contribution in [1.82, 2.24) is 14.6 Å². The molecular formula is C23H20N4OS. The van der Waals surface area contributed by atoms with E-state index in [-0.39, 0.29) is 0 Å². The predicted octanol–water partition coefficient (Wildman–Crippen LogP) is 4.91. The molecule has 2 aromatic heterocycles. The number of hydrogen-bond donors (Lipinski definition) is 0. The maximum atomic E-state index is 9.86. The topological polar surface area (TPSA) is 63.2 Å². The molecule has 5 nitrogen and oxygen atoms in total. The second kappa shape index (κ2) is 7.18. The SMILES string of the molecule is Cc1nnc2ccc3cc(Sc4cccc(C5(C#N)CCOCC5)c4)ccc3n12. The van der Waals surface area contributed by atoms with E-state index in [0.29, 0.717) is 13.2 Å². The molecule has 0 atom stereocenters. The smallest absolute Gasteiger partial charge is 0.161 e. The van der Waals surface area contributed by atoms with Crippen LogP contribution in [0.1, 0.15) is 24.2 Å². The molecule has 0 radical (unpaired) electrons. The number of benzene rings is 2. The molecule has 144 valence electrons. The van der Waals surface area contributed by atoms with Gasteiger partial charge in [-0.3, -0.25) is 4.40 Å². The Morgan fingerprint density at radius 3 is 2.69 bits per heavy atom. The fraction of sp³-hybridized carbons (Fsp3) is 0.261. The van der Waals surface area contributed by atoms with E-state index in [2.05, 4.69) is 69.2 Å². The highest BCUT2D eigenvalue weighted by atomic mass is 32.2. The van der Waals surface area contributed by atoms with Gasteiger partial charge in [0.1, 0.15) is 5.82 Å². The van der Waals surface area contributed by atoms with Crippen LogP contribution < -0.4 is 0 Å². The number of ether oxygens (including phenoxy) is 1. The fourth-order valence-electron chi connectivity index (χ4n) is 4.06. The Morgan fingerprint density at radius 2 is 1.86 bits per heavy atom. The Kier molecular flexibility index (Phi) is 4.50. The van der Waals surface area contributed by atoms with Crippen LogP contribution in [-0.2, 0) is 10.2 Å². The number of nitriles is 1. The maximum Gasteiger partial charge on any atom is 0.161 e. The molecule has 1 aliphatic heterocycles. The molecule has 0 bridgehead atoms. The summed E-state index contributed by atoms with van der Waals surface area (Å²) in [5, 5.41) is 19.4. The molecule has 4 aromatic rings. The average molecular weight is 401 g/mol. The van der Waals surface area contributed by atoms with Gasteiger partial charge in [-0.15, -0.1) is 10.2 Å². The van der Waals surface area contributed by atoms with Crippen molar-refractivity contribution < 1.29 is 4.74 Å². The molecule has 6 heteroatoms. The summed E-state index contributed by atoms with van der Waals surface area (Å²) >= 11 is 1.72. The van der Waals surface area contributed by atoms with Crippen molar-refractivity contribution in [2.24, 2.45) is 0 Å². The van der Waals surface area contributed by atoms with Crippen LogP contribution in [-0.4, -0.2) is 27.8 Å². The molecule has 1 fully saturated rings. The average Bonchev–Trinajstić information content (AvgIpc) is 3.15. The third-order valence-corrected chi connectivity index (χ3v) is 6.66. The number of nitrogens with zero attached hydrogens (tertiary/aromatic N) is 4. The Morgan fingerprint density at radius 1 is 1.03 bits per heavy atom. The predicted molar refractivity (Wildman–Crippen MR) is 113 cm³/mol. The first kappa shape index (κ1) is 18.2. The Hall–Kier alpha value is -2.88. The highest BCUT2D eigenvalue weighted by molar-refractivity contribution is 7.99. The molecule has 5 rings (SSSR count). The summed E-state index contributed by atoms with van der Waals surface area (Å²) in [6.45, 7) is 3.26. The number of fused-ring (bicyclic) bond motifs is 3. The molecule has 1 aliphatic rings. The first-order valence-electron chi connectivity index (χ1n) is 9.70. The monoisotopic (exact) mass is 400 g/mol. The molecule has 0 N–H and O–H groups in total. The minimum Gasteiger partial charge on any atom is -0.381 e. The van der Waals surface area contributed by atoms with Crippen LogP contribution in [0.3, 0.4) is 0 Å². The van der Waals surface area contributed by atoms with Gasteiger partial charge in [-0.2, -0.15) is 5.26 Å². The first-order valence-corrected chi connectivity index (χ1v) is 10.5. The van der Waals surface area contributed by atoms with E-state index >= 15 is 0 Å². The minimum atomic E-state index is -0.435. The van der Waals surface area contributed by atoms with Gasteiger partial charge in [0.15, 0.2) is 5.65 Å². The molecular weight excluding hydrogens is 380 g/mol. The Bertz CT molecular complexity index is 1250. The molecule has 0 amide bonds. The first-order chi connectivity index (χ1) is 14.2. The highest BCUT2D eigenvalue weighted by Crippen LogP contribution is 2.37. The van der Waals surface area contributed by atoms with Gasteiger partial charge < -0.3 is 4.74 Å². The summed E-state index contributed by atoms with van der Waals surface area (Å²) in [6, 6.07) is 21.5. The number of aryl methyl sites for hydroxylation is 1. The van der Waals surface area contributed by atoms with Crippen LogP contribution in [0, 0.1) is 18.3 Å². The van der Waals surface area contributed by atoms with Crippen LogP contribution >= 0.6 is 11.8 Å². The van der Waals surface area contributed by atoms with Crippen molar-refractivity contribution in [2.45, 2.75) is 35.0 Å². The van der Waals surface area contributed by atoms with Crippen molar-refractivity contribution in [3.8, 4) is 6.07 Å². The van der Waals surface area contributed by atoms with Crippen molar-refractivity contribution in [2.75, 3.05) is 13.2 Å². The summed E-state index contributed by atoms with van der Waals surface area (Å²) in [6.07, 6.45) is 1.50. The van der Waals surface area contributed by atoms with Crippen molar-refractivity contribution in [3.63, 3.8) is 0 Å². The lowest BCUT2D eigenvalue weighted by molar-refractivity contribution is 0.0675. The maximum absolute atomic E-state index is 9.86. The fourth-order valence-corrected chi connectivity index (χ4v) is 4.99. The van der Waals surface area contributed by atoms with Gasteiger partial charge in [0.2, 0.25) is 0 Å². The van der Waals surface area contributed by atoms with Gasteiger partial charge in [0.05, 0.1) is 17.0 Å². The van der Waals surface area contributed by atoms with Crippen LogP contribution in [0.4, 0.5) is 0 Å².